The van der Waals surface area contributed by atoms with Crippen LogP contribution >= 0.6 is 0 Å². The molecule has 0 radical (unpaired) electrons. The third kappa shape index (κ3) is 6.66. The molecule has 0 amide bonds. The van der Waals surface area contributed by atoms with Crippen LogP contribution in [0.15, 0.2) is 85.8 Å². The average molecular weight is 442 g/mol. The lowest BCUT2D eigenvalue weighted by molar-refractivity contribution is -0.134. The number of hydrogen-bond donors (Lipinski definition) is 0. The lowest BCUT2D eigenvalue weighted by Gasteiger charge is -2.09. The SMILES string of the molecule is C=C(C)C(=O)OC=COc1ccc(-c2ccc(OC=COC(=O)C(=C)C)c(F)c2F)cc1. The second-order valence-electron chi connectivity index (χ2n) is 6.41. The van der Waals surface area contributed by atoms with Crippen molar-refractivity contribution in [2.45, 2.75) is 13.8 Å². The van der Waals surface area contributed by atoms with Gasteiger partial charge in [0.2, 0.25) is 5.82 Å². The van der Waals surface area contributed by atoms with Gasteiger partial charge in [-0.05, 0) is 43.7 Å². The quantitative estimate of drug-likeness (QED) is 0.287. The Kier molecular flexibility index (Phi) is 8.47. The zero-order valence-corrected chi connectivity index (χ0v) is 17.4. The number of hydrogen-bond acceptors (Lipinski definition) is 6. The monoisotopic (exact) mass is 442 g/mol. The van der Waals surface area contributed by atoms with E-state index in [2.05, 4.69) is 17.9 Å². The van der Waals surface area contributed by atoms with Gasteiger partial charge in [-0.15, -0.1) is 0 Å². The van der Waals surface area contributed by atoms with E-state index in [0.717, 1.165) is 25.0 Å². The molecule has 0 spiro atoms. The largest absolute Gasteiger partial charge is 0.462 e. The molecule has 0 aliphatic rings. The summed E-state index contributed by atoms with van der Waals surface area (Å²) in [5, 5.41) is 0. The molecule has 166 valence electrons. The van der Waals surface area contributed by atoms with Gasteiger partial charge in [0, 0.05) is 16.7 Å². The molecular formula is C24H20F2O6. The third-order valence-electron chi connectivity index (χ3n) is 3.77. The van der Waals surface area contributed by atoms with Gasteiger partial charge in [0.05, 0.1) is 0 Å². The molecule has 0 saturated heterocycles. The molecule has 0 N–H and O–H groups in total. The van der Waals surface area contributed by atoms with Crippen molar-refractivity contribution in [2.75, 3.05) is 0 Å². The van der Waals surface area contributed by atoms with Crippen LogP contribution in [0.3, 0.4) is 0 Å². The molecule has 6 nitrogen and oxygen atoms in total. The number of benzene rings is 2. The molecule has 0 aliphatic heterocycles. The first-order valence-electron chi connectivity index (χ1n) is 9.15. The maximum atomic E-state index is 14.5. The van der Waals surface area contributed by atoms with Crippen molar-refractivity contribution in [3.05, 3.63) is 97.4 Å². The molecule has 0 aromatic heterocycles. The van der Waals surface area contributed by atoms with Crippen LogP contribution in [0.2, 0.25) is 0 Å². The van der Waals surface area contributed by atoms with E-state index in [0.29, 0.717) is 11.3 Å². The second-order valence-corrected chi connectivity index (χ2v) is 6.41. The van der Waals surface area contributed by atoms with Gasteiger partial charge in [0.25, 0.3) is 0 Å². The smallest absolute Gasteiger partial charge is 0.338 e. The zero-order chi connectivity index (χ0) is 23.7. The van der Waals surface area contributed by atoms with Gasteiger partial charge < -0.3 is 18.9 Å². The summed E-state index contributed by atoms with van der Waals surface area (Å²) in [6.07, 6.45) is 4.02. The molecule has 0 fully saturated rings. The highest BCUT2D eigenvalue weighted by Crippen LogP contribution is 2.31. The molecule has 0 aliphatic carbocycles. The first-order chi connectivity index (χ1) is 15.2. The summed E-state index contributed by atoms with van der Waals surface area (Å²) >= 11 is 0. The maximum Gasteiger partial charge on any atom is 0.338 e. The van der Waals surface area contributed by atoms with Gasteiger partial charge in [0.1, 0.15) is 30.8 Å². The fourth-order valence-electron chi connectivity index (χ4n) is 2.15. The van der Waals surface area contributed by atoms with Crippen molar-refractivity contribution < 1.29 is 37.3 Å². The highest BCUT2D eigenvalue weighted by Gasteiger charge is 2.15. The van der Waals surface area contributed by atoms with Crippen molar-refractivity contribution in [3.8, 4) is 22.6 Å². The topological polar surface area (TPSA) is 71.1 Å². The van der Waals surface area contributed by atoms with Crippen LogP contribution < -0.4 is 9.47 Å². The van der Waals surface area contributed by atoms with Crippen LogP contribution in [0.5, 0.6) is 11.5 Å². The molecule has 2 rings (SSSR count). The highest BCUT2D eigenvalue weighted by atomic mass is 19.2. The molecule has 0 atom stereocenters. The number of esters is 2. The molecule has 0 unspecified atom stereocenters. The Morgan fingerprint density at radius 3 is 1.81 bits per heavy atom. The Bertz CT molecular complexity index is 1080. The lowest BCUT2D eigenvalue weighted by atomic mass is 10.0. The van der Waals surface area contributed by atoms with Crippen molar-refractivity contribution >= 4 is 11.9 Å². The summed E-state index contributed by atoms with van der Waals surface area (Å²) in [6, 6.07) is 8.69. The van der Waals surface area contributed by atoms with Crippen LogP contribution in [-0.4, -0.2) is 11.9 Å². The van der Waals surface area contributed by atoms with E-state index in [9.17, 15) is 18.4 Å². The van der Waals surface area contributed by atoms with Gasteiger partial charge >= 0.3 is 11.9 Å². The summed E-state index contributed by atoms with van der Waals surface area (Å²) in [6.45, 7) is 9.81. The van der Waals surface area contributed by atoms with Crippen LogP contribution in [0.4, 0.5) is 8.78 Å². The third-order valence-corrected chi connectivity index (χ3v) is 3.77. The van der Waals surface area contributed by atoms with Crippen molar-refractivity contribution in [1.82, 2.24) is 0 Å². The van der Waals surface area contributed by atoms with E-state index in [1.165, 1.54) is 50.2 Å². The van der Waals surface area contributed by atoms with Gasteiger partial charge in [0.15, 0.2) is 11.6 Å². The summed E-state index contributed by atoms with van der Waals surface area (Å²) in [4.78, 5) is 22.5. The number of ether oxygens (including phenoxy) is 4. The zero-order valence-electron chi connectivity index (χ0n) is 17.4. The first-order valence-corrected chi connectivity index (χ1v) is 9.15. The minimum absolute atomic E-state index is 0.00465. The van der Waals surface area contributed by atoms with Crippen LogP contribution in [0, 0.1) is 11.6 Å². The average Bonchev–Trinajstić information content (AvgIpc) is 2.77. The summed E-state index contributed by atoms with van der Waals surface area (Å²) < 4.78 is 48.5. The Balaban J connectivity index is 2.03. The molecule has 32 heavy (non-hydrogen) atoms. The summed E-state index contributed by atoms with van der Waals surface area (Å²) in [5.74, 6) is -3.60. The van der Waals surface area contributed by atoms with Crippen LogP contribution in [0.25, 0.3) is 11.1 Å². The molecule has 0 bridgehead atoms. The fraction of sp³-hybridized carbons (Fsp3) is 0.0833. The molecule has 0 heterocycles. The normalized spacial score (nSPS) is 10.8. The number of carbonyl (C=O) groups excluding carboxylic acids is 2. The molecule has 2 aromatic rings. The Morgan fingerprint density at radius 1 is 0.750 bits per heavy atom. The van der Waals surface area contributed by atoms with E-state index >= 15 is 0 Å². The Hall–Kier alpha value is -4.20. The maximum absolute atomic E-state index is 14.5. The number of rotatable bonds is 9. The summed E-state index contributed by atoms with van der Waals surface area (Å²) in [7, 11) is 0. The van der Waals surface area contributed by atoms with E-state index in [-0.39, 0.29) is 22.5 Å². The van der Waals surface area contributed by atoms with Gasteiger partial charge in [-0.2, -0.15) is 4.39 Å². The van der Waals surface area contributed by atoms with E-state index in [1.54, 1.807) is 0 Å². The Morgan fingerprint density at radius 2 is 1.28 bits per heavy atom. The fourth-order valence-corrected chi connectivity index (χ4v) is 2.15. The molecular weight excluding hydrogens is 422 g/mol. The first kappa shape index (κ1) is 24.1. The minimum Gasteiger partial charge on any atom is -0.462 e. The van der Waals surface area contributed by atoms with Crippen LogP contribution in [-0.2, 0) is 19.1 Å². The number of halogens is 2. The standard InChI is InChI=1S/C24H20F2O6/c1-15(2)23(27)31-13-11-29-18-7-5-17(6-8-18)19-9-10-20(22(26)21(19)25)30-12-14-32-24(28)16(3)4/h5-14H,1,3H2,2,4H3. The molecule has 0 saturated carbocycles. The van der Waals surface area contributed by atoms with Gasteiger partial charge in [-0.25, -0.2) is 14.0 Å². The lowest BCUT2D eigenvalue weighted by Crippen LogP contribution is -2.00. The van der Waals surface area contributed by atoms with Gasteiger partial charge in [-0.3, -0.25) is 0 Å². The minimum atomic E-state index is -1.21. The van der Waals surface area contributed by atoms with E-state index in [1.807, 2.05) is 0 Å². The van der Waals surface area contributed by atoms with Crippen LogP contribution in [0.1, 0.15) is 13.8 Å². The number of carbonyl (C=O) groups is 2. The predicted octanol–water partition coefficient (Wildman–Crippen LogP) is 5.57. The molecule has 8 heteroatoms. The van der Waals surface area contributed by atoms with Crippen molar-refractivity contribution in [2.24, 2.45) is 0 Å². The van der Waals surface area contributed by atoms with E-state index in [4.69, 9.17) is 14.2 Å². The predicted molar refractivity (Wildman–Crippen MR) is 113 cm³/mol. The van der Waals surface area contributed by atoms with E-state index < -0.39 is 23.6 Å². The second kappa shape index (κ2) is 11.3. The highest BCUT2D eigenvalue weighted by molar-refractivity contribution is 5.87. The van der Waals surface area contributed by atoms with Crippen molar-refractivity contribution in [1.29, 1.82) is 0 Å². The van der Waals surface area contributed by atoms with Crippen molar-refractivity contribution in [3.63, 3.8) is 0 Å². The Labute approximate surface area is 183 Å². The summed E-state index contributed by atoms with van der Waals surface area (Å²) in [5.41, 5.74) is 0.815. The van der Waals surface area contributed by atoms with Gasteiger partial charge in [-0.1, -0.05) is 25.3 Å². The molecule has 2 aromatic carbocycles.